The summed E-state index contributed by atoms with van der Waals surface area (Å²) in [5.74, 6) is 0.769. The van der Waals surface area contributed by atoms with E-state index in [0.29, 0.717) is 11.6 Å². The third-order valence-corrected chi connectivity index (χ3v) is 5.54. The SMILES string of the molecule is CC1CN(C)C(C)CC1NCC1(N(C)C)CCC1. The summed E-state index contributed by atoms with van der Waals surface area (Å²) in [6.07, 6.45) is 5.42. The van der Waals surface area contributed by atoms with Gasteiger partial charge in [-0.25, -0.2) is 0 Å². The monoisotopic (exact) mass is 253 g/mol. The normalized spacial score (nSPS) is 36.7. The van der Waals surface area contributed by atoms with Gasteiger partial charge in [-0.15, -0.1) is 0 Å². The summed E-state index contributed by atoms with van der Waals surface area (Å²) in [5.41, 5.74) is 0.451. The van der Waals surface area contributed by atoms with Crippen LogP contribution >= 0.6 is 0 Å². The fraction of sp³-hybridized carbons (Fsp3) is 1.00. The Kier molecular flexibility index (Phi) is 4.35. The average molecular weight is 253 g/mol. The summed E-state index contributed by atoms with van der Waals surface area (Å²) in [6, 6.07) is 1.42. The summed E-state index contributed by atoms with van der Waals surface area (Å²) < 4.78 is 0. The van der Waals surface area contributed by atoms with Crippen molar-refractivity contribution in [3.63, 3.8) is 0 Å². The lowest BCUT2D eigenvalue weighted by atomic mass is 9.75. The molecule has 1 N–H and O–H groups in total. The highest BCUT2D eigenvalue weighted by molar-refractivity contribution is 4.99. The van der Waals surface area contributed by atoms with Crippen molar-refractivity contribution in [1.29, 1.82) is 0 Å². The van der Waals surface area contributed by atoms with Crippen molar-refractivity contribution in [2.24, 2.45) is 5.92 Å². The first kappa shape index (κ1) is 14.3. The smallest absolute Gasteiger partial charge is 0.0328 e. The fourth-order valence-electron chi connectivity index (χ4n) is 3.51. The minimum absolute atomic E-state index is 0.451. The van der Waals surface area contributed by atoms with Crippen LogP contribution in [0.4, 0.5) is 0 Å². The van der Waals surface area contributed by atoms with Crippen LogP contribution in [0.1, 0.15) is 39.5 Å². The minimum Gasteiger partial charge on any atom is -0.312 e. The van der Waals surface area contributed by atoms with E-state index < -0.39 is 0 Å². The number of likely N-dealkylation sites (N-methyl/N-ethyl adjacent to an activating group) is 1. The van der Waals surface area contributed by atoms with Crippen molar-refractivity contribution < 1.29 is 0 Å². The summed E-state index contributed by atoms with van der Waals surface area (Å²) >= 11 is 0. The van der Waals surface area contributed by atoms with Crippen molar-refractivity contribution in [2.45, 2.75) is 57.2 Å². The Bertz CT molecular complexity index is 273. The van der Waals surface area contributed by atoms with E-state index in [4.69, 9.17) is 0 Å². The van der Waals surface area contributed by atoms with Gasteiger partial charge in [-0.05, 0) is 59.7 Å². The van der Waals surface area contributed by atoms with Gasteiger partial charge in [0.1, 0.15) is 0 Å². The molecule has 1 saturated heterocycles. The van der Waals surface area contributed by atoms with Gasteiger partial charge in [-0.2, -0.15) is 0 Å². The highest BCUT2D eigenvalue weighted by Crippen LogP contribution is 2.36. The first-order valence-corrected chi connectivity index (χ1v) is 7.56. The molecule has 0 bridgehead atoms. The van der Waals surface area contributed by atoms with Gasteiger partial charge in [-0.3, -0.25) is 0 Å². The van der Waals surface area contributed by atoms with E-state index >= 15 is 0 Å². The van der Waals surface area contributed by atoms with Crippen molar-refractivity contribution >= 4 is 0 Å². The quantitative estimate of drug-likeness (QED) is 0.824. The van der Waals surface area contributed by atoms with Crippen LogP contribution in [0.15, 0.2) is 0 Å². The standard InChI is InChI=1S/C15H31N3/c1-12-10-18(5)13(2)9-14(12)16-11-15(17(3)4)7-6-8-15/h12-14,16H,6-11H2,1-5H3. The Morgan fingerprint density at radius 3 is 2.44 bits per heavy atom. The number of likely N-dealkylation sites (tertiary alicyclic amines) is 1. The maximum Gasteiger partial charge on any atom is 0.0328 e. The molecule has 0 spiro atoms. The lowest BCUT2D eigenvalue weighted by Crippen LogP contribution is -2.60. The molecule has 106 valence electrons. The third kappa shape index (κ3) is 2.73. The number of hydrogen-bond donors (Lipinski definition) is 1. The van der Waals surface area contributed by atoms with Crippen LogP contribution in [0.3, 0.4) is 0 Å². The zero-order valence-electron chi connectivity index (χ0n) is 12.9. The molecule has 0 aromatic heterocycles. The molecule has 3 unspecified atom stereocenters. The maximum atomic E-state index is 3.88. The van der Waals surface area contributed by atoms with E-state index in [1.54, 1.807) is 0 Å². The molecular weight excluding hydrogens is 222 g/mol. The number of nitrogens with zero attached hydrogens (tertiary/aromatic N) is 2. The van der Waals surface area contributed by atoms with Crippen molar-refractivity contribution in [3.05, 3.63) is 0 Å². The second-order valence-electron chi connectivity index (χ2n) is 6.96. The molecule has 3 atom stereocenters. The van der Waals surface area contributed by atoms with Gasteiger partial charge in [0.15, 0.2) is 0 Å². The van der Waals surface area contributed by atoms with Gasteiger partial charge in [0, 0.05) is 30.7 Å². The van der Waals surface area contributed by atoms with Crippen LogP contribution in [-0.4, -0.2) is 61.7 Å². The van der Waals surface area contributed by atoms with Crippen LogP contribution in [-0.2, 0) is 0 Å². The first-order chi connectivity index (χ1) is 8.44. The first-order valence-electron chi connectivity index (χ1n) is 7.56. The molecule has 2 aliphatic rings. The summed E-state index contributed by atoms with van der Waals surface area (Å²) in [5, 5.41) is 3.88. The Balaban J connectivity index is 1.86. The molecule has 18 heavy (non-hydrogen) atoms. The Hall–Kier alpha value is -0.120. The molecule has 1 aliphatic heterocycles. The molecule has 1 saturated carbocycles. The van der Waals surface area contributed by atoms with Crippen LogP contribution in [0.2, 0.25) is 0 Å². The van der Waals surface area contributed by atoms with Gasteiger partial charge in [0.25, 0.3) is 0 Å². The zero-order chi connectivity index (χ0) is 13.3. The van der Waals surface area contributed by atoms with E-state index in [1.807, 2.05) is 0 Å². The molecule has 0 aromatic rings. The molecule has 0 aromatic carbocycles. The second-order valence-corrected chi connectivity index (χ2v) is 6.96. The van der Waals surface area contributed by atoms with Crippen molar-refractivity contribution in [3.8, 4) is 0 Å². The van der Waals surface area contributed by atoms with Gasteiger partial charge in [0.2, 0.25) is 0 Å². The van der Waals surface area contributed by atoms with E-state index in [0.717, 1.165) is 12.0 Å². The highest BCUT2D eigenvalue weighted by atomic mass is 15.2. The maximum absolute atomic E-state index is 3.88. The van der Waals surface area contributed by atoms with Crippen molar-refractivity contribution in [1.82, 2.24) is 15.1 Å². The molecule has 2 fully saturated rings. The van der Waals surface area contributed by atoms with Gasteiger partial charge < -0.3 is 15.1 Å². The number of hydrogen-bond acceptors (Lipinski definition) is 3. The predicted octanol–water partition coefficient (Wildman–Crippen LogP) is 1.79. The van der Waals surface area contributed by atoms with Gasteiger partial charge in [0.05, 0.1) is 0 Å². The van der Waals surface area contributed by atoms with Crippen LogP contribution in [0.5, 0.6) is 0 Å². The topological polar surface area (TPSA) is 18.5 Å². The molecule has 3 heteroatoms. The van der Waals surface area contributed by atoms with Crippen LogP contribution in [0, 0.1) is 5.92 Å². The van der Waals surface area contributed by atoms with Crippen LogP contribution in [0.25, 0.3) is 0 Å². The molecule has 0 amide bonds. The summed E-state index contributed by atoms with van der Waals surface area (Å²) in [4.78, 5) is 4.93. The third-order valence-electron chi connectivity index (χ3n) is 5.54. The number of rotatable bonds is 4. The van der Waals surface area contributed by atoms with Gasteiger partial charge in [-0.1, -0.05) is 6.92 Å². The zero-order valence-corrected chi connectivity index (χ0v) is 12.9. The molecule has 1 aliphatic carbocycles. The molecule has 1 heterocycles. The van der Waals surface area contributed by atoms with Crippen molar-refractivity contribution in [2.75, 3.05) is 34.2 Å². The average Bonchev–Trinajstić information content (AvgIpc) is 2.23. The lowest BCUT2D eigenvalue weighted by molar-refractivity contribution is 0.0451. The Labute approximate surface area is 113 Å². The highest BCUT2D eigenvalue weighted by Gasteiger charge is 2.40. The minimum atomic E-state index is 0.451. The summed E-state index contributed by atoms with van der Waals surface area (Å²) in [7, 11) is 6.73. The lowest BCUT2D eigenvalue weighted by Gasteiger charge is -2.49. The Morgan fingerprint density at radius 2 is 1.94 bits per heavy atom. The van der Waals surface area contributed by atoms with Crippen LogP contribution < -0.4 is 5.32 Å². The van der Waals surface area contributed by atoms with E-state index in [-0.39, 0.29) is 0 Å². The molecular formula is C15H31N3. The van der Waals surface area contributed by atoms with Gasteiger partial charge >= 0.3 is 0 Å². The molecule has 0 radical (unpaired) electrons. The predicted molar refractivity (Wildman–Crippen MR) is 77.9 cm³/mol. The largest absolute Gasteiger partial charge is 0.312 e. The van der Waals surface area contributed by atoms with E-state index in [9.17, 15) is 0 Å². The van der Waals surface area contributed by atoms with E-state index in [2.05, 4.69) is 50.1 Å². The molecule has 3 nitrogen and oxygen atoms in total. The Morgan fingerprint density at radius 1 is 1.28 bits per heavy atom. The second kappa shape index (κ2) is 5.48. The fourth-order valence-corrected chi connectivity index (χ4v) is 3.51. The molecule has 2 rings (SSSR count). The summed E-state index contributed by atoms with van der Waals surface area (Å²) in [6.45, 7) is 7.15. The number of piperidine rings is 1. The van der Waals surface area contributed by atoms with E-state index in [1.165, 1.54) is 38.8 Å². The number of nitrogens with one attached hydrogen (secondary N) is 1.